The van der Waals surface area contributed by atoms with Gasteiger partial charge in [-0.1, -0.05) is 6.42 Å². The van der Waals surface area contributed by atoms with Crippen LogP contribution in [0.1, 0.15) is 37.4 Å². The second-order valence-corrected chi connectivity index (χ2v) is 7.60. The lowest BCUT2D eigenvalue weighted by Gasteiger charge is -2.51. The molecule has 2 saturated heterocycles. The Hall–Kier alpha value is -3.28. The van der Waals surface area contributed by atoms with Crippen molar-refractivity contribution >= 4 is 5.90 Å². The van der Waals surface area contributed by atoms with Crippen LogP contribution >= 0.6 is 0 Å². The minimum absolute atomic E-state index is 0.357. The molecule has 1 N–H and O–H groups in total. The van der Waals surface area contributed by atoms with Gasteiger partial charge in [0.05, 0.1) is 38.3 Å². The lowest BCUT2D eigenvalue weighted by atomic mass is 9.51. The van der Waals surface area contributed by atoms with Crippen LogP contribution in [0.15, 0.2) is 18.2 Å². The van der Waals surface area contributed by atoms with Gasteiger partial charge in [0, 0.05) is 18.1 Å². The van der Waals surface area contributed by atoms with Crippen LogP contribution in [0.5, 0.6) is 11.5 Å². The molecule has 2 aliphatic heterocycles. The van der Waals surface area contributed by atoms with Crippen molar-refractivity contribution in [1.29, 1.82) is 21.2 Å². The van der Waals surface area contributed by atoms with Gasteiger partial charge in [-0.25, -0.2) is 0 Å². The van der Waals surface area contributed by atoms with Gasteiger partial charge in [0.25, 0.3) is 0 Å². The van der Waals surface area contributed by atoms with Crippen LogP contribution in [-0.2, 0) is 9.47 Å². The molecule has 0 amide bonds. The molecule has 0 spiro atoms. The zero-order chi connectivity index (χ0) is 20.9. The molecule has 8 nitrogen and oxygen atoms in total. The van der Waals surface area contributed by atoms with E-state index in [0.717, 1.165) is 12.8 Å². The van der Waals surface area contributed by atoms with E-state index in [2.05, 4.69) is 18.2 Å². The number of benzene rings is 1. The normalized spacial score (nSPS) is 34.0. The number of ether oxygens (including phenoxy) is 4. The molecule has 1 aliphatic carbocycles. The van der Waals surface area contributed by atoms with Gasteiger partial charge in [-0.05, 0) is 25.0 Å². The standard InChI is InChI=1S/C21H20N4O4/c1-26-13-6-7-14(15(9-13)27-2)17-19(10-22,11-23)20(12-24)16-5-3-4-8-21(16,28-17)29-18(20)25/h6-7,9,16-17,25H,3-5,8H2,1-2H3/t16-,17-,20+,21+/m0/s1. The summed E-state index contributed by atoms with van der Waals surface area (Å²) >= 11 is 0. The molecule has 1 aromatic carbocycles. The number of rotatable bonds is 3. The molecule has 148 valence electrons. The van der Waals surface area contributed by atoms with Crippen molar-refractivity contribution in [2.75, 3.05) is 14.2 Å². The molecule has 0 unspecified atom stereocenters. The van der Waals surface area contributed by atoms with E-state index in [-0.39, 0.29) is 5.90 Å². The smallest absolute Gasteiger partial charge is 0.217 e. The number of hydrogen-bond acceptors (Lipinski definition) is 8. The second-order valence-electron chi connectivity index (χ2n) is 7.60. The van der Waals surface area contributed by atoms with E-state index in [1.54, 1.807) is 18.2 Å². The van der Waals surface area contributed by atoms with Gasteiger partial charge in [0.2, 0.25) is 17.1 Å². The molecule has 1 saturated carbocycles. The van der Waals surface area contributed by atoms with Crippen LogP contribution in [0.4, 0.5) is 0 Å². The first kappa shape index (κ1) is 19.1. The van der Waals surface area contributed by atoms with Crippen molar-refractivity contribution in [2.45, 2.75) is 37.6 Å². The van der Waals surface area contributed by atoms with Crippen LogP contribution in [0.25, 0.3) is 0 Å². The minimum Gasteiger partial charge on any atom is -0.497 e. The first-order valence-corrected chi connectivity index (χ1v) is 9.40. The molecule has 4 atom stereocenters. The maximum Gasteiger partial charge on any atom is 0.217 e. The third kappa shape index (κ3) is 2.11. The zero-order valence-electron chi connectivity index (χ0n) is 16.2. The fraction of sp³-hybridized carbons (Fsp3) is 0.524. The highest BCUT2D eigenvalue weighted by Gasteiger charge is 2.80. The van der Waals surface area contributed by atoms with Crippen LogP contribution in [0.3, 0.4) is 0 Å². The van der Waals surface area contributed by atoms with E-state index >= 15 is 0 Å². The predicted molar refractivity (Wildman–Crippen MR) is 98.6 cm³/mol. The summed E-state index contributed by atoms with van der Waals surface area (Å²) in [5.74, 6) is -1.20. The Morgan fingerprint density at radius 3 is 2.48 bits per heavy atom. The quantitative estimate of drug-likeness (QED) is 0.835. The Morgan fingerprint density at radius 2 is 1.86 bits per heavy atom. The van der Waals surface area contributed by atoms with E-state index in [4.69, 9.17) is 24.4 Å². The summed E-state index contributed by atoms with van der Waals surface area (Å²) < 4.78 is 23.0. The summed E-state index contributed by atoms with van der Waals surface area (Å²) in [5.41, 5.74) is -3.24. The van der Waals surface area contributed by atoms with E-state index in [0.29, 0.717) is 29.9 Å². The van der Waals surface area contributed by atoms with Gasteiger partial charge in [0.15, 0.2) is 5.41 Å². The van der Waals surface area contributed by atoms with Gasteiger partial charge in [-0.2, -0.15) is 15.8 Å². The Balaban J connectivity index is 2.00. The first-order valence-electron chi connectivity index (χ1n) is 9.40. The van der Waals surface area contributed by atoms with E-state index < -0.39 is 28.6 Å². The van der Waals surface area contributed by atoms with Crippen LogP contribution < -0.4 is 9.47 Å². The van der Waals surface area contributed by atoms with Crippen LogP contribution in [-0.4, -0.2) is 25.9 Å². The minimum atomic E-state index is -1.97. The first-order chi connectivity index (χ1) is 14.0. The molecular weight excluding hydrogens is 372 g/mol. The highest BCUT2D eigenvalue weighted by atomic mass is 16.7. The van der Waals surface area contributed by atoms with Crippen molar-refractivity contribution in [2.24, 2.45) is 16.7 Å². The van der Waals surface area contributed by atoms with Crippen molar-refractivity contribution in [1.82, 2.24) is 0 Å². The molecule has 3 fully saturated rings. The summed E-state index contributed by atoms with van der Waals surface area (Å²) in [5, 5.41) is 39.3. The van der Waals surface area contributed by atoms with Crippen LogP contribution in [0, 0.1) is 56.2 Å². The third-order valence-electron chi connectivity index (χ3n) is 6.54. The summed E-state index contributed by atoms with van der Waals surface area (Å²) in [6.45, 7) is 0. The molecular formula is C21H20N4O4. The molecule has 4 rings (SSSR count). The Morgan fingerprint density at radius 1 is 1.10 bits per heavy atom. The predicted octanol–water partition coefficient (Wildman–Crippen LogP) is 3.21. The number of nitrogens with zero attached hydrogens (tertiary/aromatic N) is 3. The summed E-state index contributed by atoms with van der Waals surface area (Å²) in [6, 6.07) is 11.3. The Labute approximate surface area is 168 Å². The molecule has 2 bridgehead atoms. The summed E-state index contributed by atoms with van der Waals surface area (Å²) in [6.07, 6.45) is 1.54. The van der Waals surface area contributed by atoms with Gasteiger partial charge >= 0.3 is 0 Å². The lowest BCUT2D eigenvalue weighted by Crippen LogP contribution is -2.60. The fourth-order valence-corrected chi connectivity index (χ4v) is 5.17. The van der Waals surface area contributed by atoms with Gasteiger partial charge < -0.3 is 18.9 Å². The number of methoxy groups -OCH3 is 2. The molecule has 29 heavy (non-hydrogen) atoms. The van der Waals surface area contributed by atoms with Crippen LogP contribution in [0.2, 0.25) is 0 Å². The largest absolute Gasteiger partial charge is 0.497 e. The molecule has 3 aliphatic rings. The van der Waals surface area contributed by atoms with Gasteiger partial charge in [0.1, 0.15) is 17.6 Å². The molecule has 8 heteroatoms. The molecule has 1 aromatic rings. The van der Waals surface area contributed by atoms with E-state index in [1.807, 2.05) is 0 Å². The van der Waals surface area contributed by atoms with Crippen molar-refractivity contribution in [3.8, 4) is 29.7 Å². The van der Waals surface area contributed by atoms with E-state index in [9.17, 15) is 15.8 Å². The number of nitriles is 3. The SMILES string of the molecule is COc1ccc([C@@H]2O[C@@]34CCCC[C@H]3[C@](C#N)(C(=N)O4)C2(C#N)C#N)c(OC)c1. The maximum atomic E-state index is 10.3. The summed E-state index contributed by atoms with van der Waals surface area (Å²) in [4.78, 5) is 0. The third-order valence-corrected chi connectivity index (χ3v) is 6.54. The summed E-state index contributed by atoms with van der Waals surface area (Å²) in [7, 11) is 2.99. The molecule has 0 aromatic heterocycles. The van der Waals surface area contributed by atoms with Crippen molar-refractivity contribution in [3.05, 3.63) is 23.8 Å². The fourth-order valence-electron chi connectivity index (χ4n) is 5.17. The molecule has 2 heterocycles. The number of hydrogen-bond donors (Lipinski definition) is 1. The Bertz CT molecular complexity index is 989. The zero-order valence-corrected chi connectivity index (χ0v) is 16.2. The van der Waals surface area contributed by atoms with Gasteiger partial charge in [-0.15, -0.1) is 0 Å². The highest BCUT2D eigenvalue weighted by Crippen LogP contribution is 2.70. The Kier molecular flexibility index (Phi) is 4.19. The maximum absolute atomic E-state index is 10.3. The van der Waals surface area contributed by atoms with E-state index in [1.165, 1.54) is 14.2 Å². The molecule has 0 radical (unpaired) electrons. The monoisotopic (exact) mass is 392 g/mol. The number of nitrogens with one attached hydrogen (secondary N) is 1. The average molecular weight is 392 g/mol. The average Bonchev–Trinajstić information content (AvgIpc) is 2.97. The van der Waals surface area contributed by atoms with Crippen molar-refractivity contribution in [3.63, 3.8) is 0 Å². The lowest BCUT2D eigenvalue weighted by molar-refractivity contribution is -0.294. The van der Waals surface area contributed by atoms with Gasteiger partial charge in [-0.3, -0.25) is 5.41 Å². The second kappa shape index (κ2) is 6.37. The topological polar surface area (TPSA) is 132 Å². The van der Waals surface area contributed by atoms with Crippen molar-refractivity contribution < 1.29 is 18.9 Å². The highest BCUT2D eigenvalue weighted by molar-refractivity contribution is 5.89.